The molecule has 78 heavy (non-hydrogen) atoms. The van der Waals surface area contributed by atoms with Gasteiger partial charge in [0, 0.05) is 71.5 Å². The van der Waals surface area contributed by atoms with Crippen LogP contribution in [-0.4, -0.2) is 66.3 Å². The fraction of sp³-hybridized carbons (Fsp3) is 0.200. The van der Waals surface area contributed by atoms with Gasteiger partial charge in [0.15, 0.2) is 0 Å². The third-order valence-corrected chi connectivity index (χ3v) is 13.0. The van der Waals surface area contributed by atoms with Crippen LogP contribution in [0.15, 0.2) is 142 Å². The van der Waals surface area contributed by atoms with Crippen LogP contribution < -0.4 is 31.4 Å². The molecule has 18 heteroatoms. The number of aryl methyl sites for hydroxylation is 4. The van der Waals surface area contributed by atoms with Gasteiger partial charge in [0.25, 0.3) is 34.4 Å². The van der Waals surface area contributed by atoms with E-state index in [1.54, 1.807) is 38.1 Å². The smallest absolute Gasteiger partial charge is 0.267 e. The Balaban J connectivity index is 0.000000204. The quantitative estimate of drug-likeness (QED) is 0.126. The molecule has 15 nitrogen and oxygen atoms in total. The summed E-state index contributed by atoms with van der Waals surface area (Å²) in [5, 5.41) is 32.7. The zero-order valence-corrected chi connectivity index (χ0v) is 44.6. The highest BCUT2D eigenvalue weighted by atomic mass is 35.5. The molecule has 0 aliphatic rings. The number of rotatable bonds is 9. The largest absolute Gasteiger partial charge is 0.506 e. The van der Waals surface area contributed by atoms with E-state index in [0.29, 0.717) is 16.0 Å². The fourth-order valence-electron chi connectivity index (χ4n) is 8.23. The minimum Gasteiger partial charge on any atom is -0.506 e. The molecule has 9 aromatic rings. The average Bonchev–Trinajstić information content (AvgIpc) is 0.745. The molecule has 0 bridgehead atoms. The first kappa shape index (κ1) is 37.4. The summed E-state index contributed by atoms with van der Waals surface area (Å²) in [4.78, 5) is 80.9. The Morgan fingerprint density at radius 2 is 0.872 bits per heavy atom. The standard InChI is InChI=1S/3C20H19ClN2O3/c3*1-4-23(13-8-5-7-12(2)11-13)20(26)17-18(24)16-14(21)9-6-10-15(16)22(3)19(17)25/h3*5-11,24H,4H2,1-3H3/i1D3,4D2,5D,7D,8D,11D;5D,7D,8D,11D;1D3,4D2. The highest BCUT2D eigenvalue weighted by Crippen LogP contribution is 2.36. The molecule has 3 N–H and O–H groups in total. The minimum atomic E-state index is -3.61. The number of nitrogens with zero attached hydrogens (tertiary/aromatic N) is 6. The molecule has 0 unspecified atom stereocenters. The molecule has 3 amide bonds. The maximum Gasteiger partial charge on any atom is 0.267 e. The summed E-state index contributed by atoms with van der Waals surface area (Å²) in [5.74, 6) is -6.15. The van der Waals surface area contributed by atoms with Crippen LogP contribution in [0, 0.1) is 20.8 Å². The highest BCUT2D eigenvalue weighted by Gasteiger charge is 2.30. The Morgan fingerprint density at radius 3 is 1.23 bits per heavy atom. The molecule has 0 saturated heterocycles. The molecule has 0 fully saturated rings. The van der Waals surface area contributed by atoms with Gasteiger partial charge < -0.3 is 43.7 Å². The van der Waals surface area contributed by atoms with Crippen LogP contribution in [0.5, 0.6) is 17.2 Å². The number of anilines is 3. The van der Waals surface area contributed by atoms with Gasteiger partial charge in [-0.05, 0) is 131 Å². The van der Waals surface area contributed by atoms with E-state index in [1.165, 1.54) is 94.2 Å². The molecule has 0 radical (unpaired) electrons. The van der Waals surface area contributed by atoms with Gasteiger partial charge in [0.1, 0.15) is 33.9 Å². The maximum atomic E-state index is 13.7. The predicted octanol–water partition coefficient (Wildman–Crippen LogP) is 11.6. The number of aromatic nitrogens is 3. The van der Waals surface area contributed by atoms with Crippen LogP contribution in [0.4, 0.5) is 17.1 Å². The monoisotopic (exact) mass is 1130 g/mol. The summed E-state index contributed by atoms with van der Waals surface area (Å²) < 4.78 is 147. The lowest BCUT2D eigenvalue weighted by atomic mass is 10.1. The Hall–Kier alpha value is -8.37. The predicted molar refractivity (Wildman–Crippen MR) is 313 cm³/mol. The second kappa shape index (κ2) is 23.9. The second-order valence-electron chi connectivity index (χ2n) is 17.0. The van der Waals surface area contributed by atoms with Gasteiger partial charge in [0.05, 0.1) is 58.7 Å². The maximum absolute atomic E-state index is 13.7. The van der Waals surface area contributed by atoms with E-state index < -0.39 is 137 Å². The van der Waals surface area contributed by atoms with E-state index in [4.69, 9.17) is 59.5 Å². The number of hydrogen-bond acceptors (Lipinski definition) is 9. The molecule has 0 aliphatic carbocycles. The van der Waals surface area contributed by atoms with Crippen LogP contribution in [0.25, 0.3) is 32.7 Å². The van der Waals surface area contributed by atoms with Gasteiger partial charge in [-0.3, -0.25) is 28.8 Å². The summed E-state index contributed by atoms with van der Waals surface area (Å²) in [6, 6.07) is 15.1. The van der Waals surface area contributed by atoms with Crippen molar-refractivity contribution in [1.82, 2.24) is 13.7 Å². The zero-order valence-electron chi connectivity index (χ0n) is 60.3. The number of hydrogen-bond donors (Lipinski definition) is 3. The summed E-state index contributed by atoms with van der Waals surface area (Å²) in [7, 11) is 4.07. The van der Waals surface area contributed by atoms with E-state index >= 15 is 0 Å². The number of carbonyl (C=O) groups excluding carboxylic acids is 3. The molecule has 6 aromatic carbocycles. The number of benzene rings is 6. The first-order chi connectivity index (χ1) is 44.3. The number of pyridine rings is 3. The molecular weight excluding hydrogens is 1060 g/mol. The van der Waals surface area contributed by atoms with Gasteiger partial charge in [-0.2, -0.15) is 0 Å². The fourth-order valence-corrected chi connectivity index (χ4v) is 9.01. The minimum absolute atomic E-state index is 0.0215. The lowest BCUT2D eigenvalue weighted by Gasteiger charge is -2.22. The topological polar surface area (TPSA) is 188 Å². The van der Waals surface area contributed by atoms with Crippen molar-refractivity contribution >= 4 is 102 Å². The van der Waals surface area contributed by atoms with Gasteiger partial charge in [-0.15, -0.1) is 0 Å². The van der Waals surface area contributed by atoms with Gasteiger partial charge in [-0.1, -0.05) is 89.3 Å². The highest BCUT2D eigenvalue weighted by molar-refractivity contribution is 6.37. The summed E-state index contributed by atoms with van der Waals surface area (Å²) in [6.45, 7) is -7.69. The number of fused-ring (bicyclic) bond motifs is 3. The first-order valence-corrected chi connectivity index (χ1v) is 24.1. The zero-order chi connectivity index (χ0) is 72.6. The van der Waals surface area contributed by atoms with Crippen molar-refractivity contribution in [2.24, 2.45) is 21.1 Å². The molecule has 0 aliphatic heterocycles. The van der Waals surface area contributed by atoms with E-state index in [9.17, 15) is 44.1 Å². The van der Waals surface area contributed by atoms with Crippen molar-refractivity contribution in [3.8, 4) is 17.2 Å². The van der Waals surface area contributed by atoms with Crippen molar-refractivity contribution in [3.63, 3.8) is 0 Å². The summed E-state index contributed by atoms with van der Waals surface area (Å²) >= 11 is 18.5. The molecule has 0 spiro atoms. The Kier molecular flexibility index (Phi) is 11.5. The van der Waals surface area contributed by atoms with Crippen molar-refractivity contribution < 1.29 is 54.4 Å². The summed E-state index contributed by atoms with van der Waals surface area (Å²) in [6.07, 6.45) is 0. The van der Waals surface area contributed by atoms with Crippen LogP contribution in [0.3, 0.4) is 0 Å². The van der Waals surface area contributed by atoms with Crippen LogP contribution in [0.1, 0.15) is 93.1 Å². The Morgan fingerprint density at radius 1 is 0.526 bits per heavy atom. The van der Waals surface area contributed by atoms with Gasteiger partial charge in [-0.25, -0.2) is 0 Å². The molecule has 9 rings (SSSR count). The lowest BCUT2D eigenvalue weighted by Crippen LogP contribution is -2.36. The van der Waals surface area contributed by atoms with Crippen LogP contribution in [0.2, 0.25) is 15.1 Å². The second-order valence-corrected chi connectivity index (χ2v) is 18.2. The van der Waals surface area contributed by atoms with E-state index in [0.717, 1.165) is 14.0 Å². The van der Waals surface area contributed by atoms with Crippen molar-refractivity contribution in [1.29, 1.82) is 0 Å². The average molecular weight is 1130 g/mol. The molecule has 3 aromatic heterocycles. The molecule has 0 atom stereocenters. The molecular formula is C60H57Cl3N6O9. The third kappa shape index (κ3) is 10.9. The van der Waals surface area contributed by atoms with E-state index in [-0.39, 0.29) is 88.3 Å². The number of carbonyl (C=O) groups is 3. The number of aromatic hydroxyl groups is 3. The van der Waals surface area contributed by atoms with Crippen molar-refractivity contribution in [2.75, 3.05) is 34.2 Å². The van der Waals surface area contributed by atoms with Crippen LogP contribution in [-0.2, 0) is 21.1 Å². The first-order valence-electron chi connectivity index (χ1n) is 32.0. The van der Waals surface area contributed by atoms with Gasteiger partial charge in [0.2, 0.25) is 0 Å². The van der Waals surface area contributed by atoms with E-state index in [2.05, 4.69) is 0 Å². The number of halogens is 3. The molecule has 0 saturated carbocycles. The Bertz CT molecular complexity index is 4890. The summed E-state index contributed by atoms with van der Waals surface area (Å²) in [5.41, 5.74) is -5.09. The SMILES string of the molecule is [2H]C([2H])([2H])C([2H])([2H])N(C(=O)c1c(O)c2c(Cl)cccc2n(C)c1=O)c1cccc(C)c1.[2H]c1c([2H])c(C)c([2H])c(N(C(=O)c2c(O)c3c(Cl)cccc3n(C)c2=O)C([2H])([2H])C([2H])([2H])[2H])c1[2H].[2H]c1c([2H])c(C)c([2H])c(N(CC)C(=O)c2c(O)c3c(Cl)cccc3n(C)c2=O)c1[2H]. The molecule has 3 heterocycles. The third-order valence-electron chi connectivity index (χ3n) is 12.1. The molecule has 402 valence electrons. The normalized spacial score (nSPS) is 14.9. The van der Waals surface area contributed by atoms with E-state index in [1.807, 2.05) is 0 Å². The van der Waals surface area contributed by atoms with Crippen LogP contribution >= 0.6 is 34.8 Å². The Labute approximate surface area is 489 Å². The van der Waals surface area contributed by atoms with Gasteiger partial charge >= 0.3 is 0 Å². The van der Waals surface area contributed by atoms with Crippen molar-refractivity contribution in [2.45, 2.75) is 41.4 Å². The lowest BCUT2D eigenvalue weighted by molar-refractivity contribution is 0.0975. The van der Waals surface area contributed by atoms with Crippen molar-refractivity contribution in [3.05, 3.63) is 207 Å². The number of amides is 3.